The zero-order chi connectivity index (χ0) is 14.8. The quantitative estimate of drug-likeness (QED) is 0.652. The molecular weight excluding hydrogens is 335 g/mol. The summed E-state index contributed by atoms with van der Waals surface area (Å²) in [5.41, 5.74) is 3.30. The summed E-state index contributed by atoms with van der Waals surface area (Å²) in [5, 5.41) is 0. The van der Waals surface area contributed by atoms with Gasteiger partial charge in [0, 0.05) is 11.8 Å². The number of hydrogen-bond donors (Lipinski definition) is 0. The maximum Gasteiger partial charge on any atom is 0.152 e. The van der Waals surface area contributed by atoms with Gasteiger partial charge in [0.2, 0.25) is 0 Å². The number of halogens is 2. The largest absolute Gasteiger partial charge is 0.504 e. The zero-order valence-electron chi connectivity index (χ0n) is 11.3. The lowest BCUT2D eigenvalue weighted by Gasteiger charge is -2.01. The fraction of sp³-hybridized carbons (Fsp3) is 0.0625. The van der Waals surface area contributed by atoms with Crippen LogP contribution in [0.25, 0.3) is 23.0 Å². The lowest BCUT2D eigenvalue weighted by Crippen LogP contribution is -1.88. The highest BCUT2D eigenvalue weighted by Crippen LogP contribution is 2.28. The minimum atomic E-state index is -0.266. The SMILES string of the molecule is COC=Cc1c(-c2ccc(F)cc2)nc2c(Br)cccn12. The first-order valence-corrected chi connectivity index (χ1v) is 7.12. The highest BCUT2D eigenvalue weighted by Gasteiger charge is 2.13. The van der Waals surface area contributed by atoms with Gasteiger partial charge in [0.15, 0.2) is 5.65 Å². The Bertz CT molecular complexity index is 809. The Morgan fingerprint density at radius 3 is 2.71 bits per heavy atom. The number of rotatable bonds is 3. The minimum absolute atomic E-state index is 0.266. The van der Waals surface area contributed by atoms with E-state index in [2.05, 4.69) is 20.9 Å². The Morgan fingerprint density at radius 2 is 2.00 bits per heavy atom. The van der Waals surface area contributed by atoms with Gasteiger partial charge in [-0.05, 0) is 58.4 Å². The standard InChI is InChI=1S/C16H12BrFN2O/c1-21-10-8-14-15(11-4-6-12(18)7-5-11)19-16-13(17)3-2-9-20(14)16/h2-10H,1H3. The van der Waals surface area contributed by atoms with Crippen LogP contribution in [0.15, 0.2) is 53.3 Å². The molecule has 3 nitrogen and oxygen atoms in total. The lowest BCUT2D eigenvalue weighted by molar-refractivity contribution is 0.341. The third-order valence-corrected chi connectivity index (χ3v) is 3.74. The van der Waals surface area contributed by atoms with E-state index in [1.54, 1.807) is 25.5 Å². The number of imidazole rings is 1. The number of hydrogen-bond acceptors (Lipinski definition) is 2. The molecule has 21 heavy (non-hydrogen) atoms. The fourth-order valence-corrected chi connectivity index (χ4v) is 2.60. The third kappa shape index (κ3) is 2.56. The second-order valence-electron chi connectivity index (χ2n) is 4.44. The molecule has 0 aliphatic heterocycles. The molecule has 0 bridgehead atoms. The van der Waals surface area contributed by atoms with Crippen LogP contribution in [0.2, 0.25) is 0 Å². The van der Waals surface area contributed by atoms with Crippen molar-refractivity contribution in [1.29, 1.82) is 0 Å². The molecule has 0 aliphatic rings. The van der Waals surface area contributed by atoms with Crippen molar-refractivity contribution in [3.8, 4) is 11.3 Å². The Hall–Kier alpha value is -2.14. The summed E-state index contributed by atoms with van der Waals surface area (Å²) < 4.78 is 21.0. The summed E-state index contributed by atoms with van der Waals surface area (Å²) in [5.74, 6) is -0.266. The number of fused-ring (bicyclic) bond motifs is 1. The third-order valence-electron chi connectivity index (χ3n) is 3.12. The van der Waals surface area contributed by atoms with Gasteiger partial charge in [-0.25, -0.2) is 9.37 Å². The molecule has 0 unspecified atom stereocenters. The molecule has 106 valence electrons. The molecule has 0 atom stereocenters. The Morgan fingerprint density at radius 1 is 1.24 bits per heavy atom. The normalized spacial score (nSPS) is 11.4. The Balaban J connectivity index is 2.27. The summed E-state index contributed by atoms with van der Waals surface area (Å²) >= 11 is 3.50. The van der Waals surface area contributed by atoms with E-state index in [4.69, 9.17) is 4.74 Å². The number of ether oxygens (including phenoxy) is 1. The number of pyridine rings is 1. The van der Waals surface area contributed by atoms with Crippen molar-refractivity contribution in [3.63, 3.8) is 0 Å². The molecule has 0 saturated carbocycles. The van der Waals surface area contributed by atoms with E-state index in [0.717, 1.165) is 27.1 Å². The van der Waals surface area contributed by atoms with E-state index in [9.17, 15) is 4.39 Å². The van der Waals surface area contributed by atoms with E-state index in [-0.39, 0.29) is 5.82 Å². The van der Waals surface area contributed by atoms with E-state index < -0.39 is 0 Å². The molecule has 0 radical (unpaired) electrons. The smallest absolute Gasteiger partial charge is 0.152 e. The second-order valence-corrected chi connectivity index (χ2v) is 5.30. The van der Waals surface area contributed by atoms with Crippen molar-refractivity contribution in [2.24, 2.45) is 0 Å². The summed E-state index contributed by atoms with van der Waals surface area (Å²) in [6, 6.07) is 10.2. The molecule has 2 aromatic heterocycles. The Kier molecular flexibility index (Phi) is 3.75. The van der Waals surface area contributed by atoms with Gasteiger partial charge in [-0.2, -0.15) is 0 Å². The van der Waals surface area contributed by atoms with Gasteiger partial charge in [-0.15, -0.1) is 0 Å². The van der Waals surface area contributed by atoms with Crippen LogP contribution in [0.3, 0.4) is 0 Å². The van der Waals surface area contributed by atoms with Crippen LogP contribution in [-0.4, -0.2) is 16.5 Å². The number of nitrogens with zero attached hydrogens (tertiary/aromatic N) is 2. The predicted molar refractivity (Wildman–Crippen MR) is 84.3 cm³/mol. The number of aromatic nitrogens is 2. The monoisotopic (exact) mass is 346 g/mol. The molecule has 0 N–H and O–H groups in total. The first-order valence-electron chi connectivity index (χ1n) is 6.32. The molecular formula is C16H12BrFN2O. The van der Waals surface area contributed by atoms with Crippen LogP contribution in [0.5, 0.6) is 0 Å². The van der Waals surface area contributed by atoms with Crippen molar-refractivity contribution < 1.29 is 9.13 Å². The van der Waals surface area contributed by atoms with E-state index in [0.29, 0.717) is 0 Å². The molecule has 0 amide bonds. The van der Waals surface area contributed by atoms with E-state index in [1.165, 1.54) is 12.1 Å². The second kappa shape index (κ2) is 5.69. The Labute approximate surface area is 129 Å². The average molecular weight is 347 g/mol. The van der Waals surface area contributed by atoms with Gasteiger partial charge in [-0.1, -0.05) is 0 Å². The van der Waals surface area contributed by atoms with Gasteiger partial charge in [0.25, 0.3) is 0 Å². The molecule has 0 aliphatic carbocycles. The van der Waals surface area contributed by atoms with Crippen LogP contribution < -0.4 is 0 Å². The van der Waals surface area contributed by atoms with Crippen LogP contribution >= 0.6 is 15.9 Å². The lowest BCUT2D eigenvalue weighted by atomic mass is 10.1. The van der Waals surface area contributed by atoms with Gasteiger partial charge < -0.3 is 4.74 Å². The number of benzene rings is 1. The maximum absolute atomic E-state index is 13.1. The first kappa shape index (κ1) is 13.8. The first-order chi connectivity index (χ1) is 10.2. The van der Waals surface area contributed by atoms with E-state index in [1.807, 2.05) is 28.8 Å². The van der Waals surface area contributed by atoms with Gasteiger partial charge >= 0.3 is 0 Å². The molecule has 0 spiro atoms. The molecule has 2 heterocycles. The summed E-state index contributed by atoms with van der Waals surface area (Å²) in [6.07, 6.45) is 5.36. The summed E-state index contributed by atoms with van der Waals surface area (Å²) in [4.78, 5) is 4.65. The van der Waals surface area contributed by atoms with Crippen molar-refractivity contribution in [3.05, 3.63) is 64.8 Å². The van der Waals surface area contributed by atoms with Crippen molar-refractivity contribution in [2.75, 3.05) is 7.11 Å². The summed E-state index contributed by atoms with van der Waals surface area (Å²) in [7, 11) is 1.59. The van der Waals surface area contributed by atoms with Crippen LogP contribution in [0.1, 0.15) is 5.69 Å². The van der Waals surface area contributed by atoms with Gasteiger partial charge in [0.05, 0.1) is 29.2 Å². The highest BCUT2D eigenvalue weighted by molar-refractivity contribution is 9.10. The van der Waals surface area contributed by atoms with Crippen molar-refractivity contribution >= 4 is 27.7 Å². The molecule has 3 aromatic rings. The topological polar surface area (TPSA) is 26.5 Å². The molecule has 3 rings (SSSR count). The van der Waals surface area contributed by atoms with Crippen molar-refractivity contribution in [2.45, 2.75) is 0 Å². The predicted octanol–water partition coefficient (Wildman–Crippen LogP) is 4.52. The van der Waals surface area contributed by atoms with Crippen LogP contribution in [-0.2, 0) is 4.74 Å². The van der Waals surface area contributed by atoms with Crippen molar-refractivity contribution in [1.82, 2.24) is 9.38 Å². The highest BCUT2D eigenvalue weighted by atomic mass is 79.9. The van der Waals surface area contributed by atoms with Gasteiger partial charge in [0.1, 0.15) is 5.82 Å². The van der Waals surface area contributed by atoms with E-state index >= 15 is 0 Å². The fourth-order valence-electron chi connectivity index (χ4n) is 2.16. The maximum atomic E-state index is 13.1. The van der Waals surface area contributed by atoms with Crippen LogP contribution in [0.4, 0.5) is 4.39 Å². The molecule has 1 aromatic carbocycles. The molecule has 0 saturated heterocycles. The van der Waals surface area contributed by atoms with Crippen LogP contribution in [0, 0.1) is 5.82 Å². The number of methoxy groups -OCH3 is 1. The molecule has 5 heteroatoms. The minimum Gasteiger partial charge on any atom is -0.504 e. The average Bonchev–Trinajstić information content (AvgIpc) is 2.86. The summed E-state index contributed by atoms with van der Waals surface area (Å²) in [6.45, 7) is 0. The molecule has 0 fully saturated rings. The van der Waals surface area contributed by atoms with Gasteiger partial charge in [-0.3, -0.25) is 4.40 Å². The zero-order valence-corrected chi connectivity index (χ0v) is 12.8.